The van der Waals surface area contributed by atoms with E-state index in [0.717, 1.165) is 10.6 Å². The summed E-state index contributed by atoms with van der Waals surface area (Å²) in [5.41, 5.74) is 5.84. The highest BCUT2D eigenvalue weighted by atomic mass is 35.5. The van der Waals surface area contributed by atoms with Crippen LogP contribution in [0, 0.1) is 5.41 Å². The van der Waals surface area contributed by atoms with Gasteiger partial charge in [0.15, 0.2) is 0 Å². The predicted octanol–water partition coefficient (Wildman–Crippen LogP) is 3.43. The van der Waals surface area contributed by atoms with Crippen molar-refractivity contribution in [3.05, 3.63) is 23.2 Å². The summed E-state index contributed by atoms with van der Waals surface area (Å²) in [6.07, 6.45) is 0. The van der Waals surface area contributed by atoms with E-state index >= 15 is 0 Å². The van der Waals surface area contributed by atoms with Crippen molar-refractivity contribution in [2.24, 2.45) is 11.1 Å². The van der Waals surface area contributed by atoms with Crippen LogP contribution in [-0.2, 0) is 0 Å². The van der Waals surface area contributed by atoms with E-state index in [1.165, 1.54) is 0 Å². The summed E-state index contributed by atoms with van der Waals surface area (Å²) in [5.74, 6) is 1.69. The number of rotatable bonds is 5. The van der Waals surface area contributed by atoms with Gasteiger partial charge in [-0.3, -0.25) is 0 Å². The third-order valence-corrected chi connectivity index (χ3v) is 4.11. The molecule has 0 amide bonds. The standard InChI is InChI=1S/C12H18ClNOS/c1-12(2,7-14)8-16-9-4-5-11(15-3)10(13)6-9/h4-6H,7-8,14H2,1-3H3. The second kappa shape index (κ2) is 5.80. The Morgan fingerprint density at radius 2 is 2.12 bits per heavy atom. The number of halogens is 1. The molecule has 0 spiro atoms. The molecule has 2 N–H and O–H groups in total. The van der Waals surface area contributed by atoms with Gasteiger partial charge in [0.2, 0.25) is 0 Å². The third-order valence-electron chi connectivity index (χ3n) is 2.31. The van der Waals surface area contributed by atoms with E-state index in [4.69, 9.17) is 22.1 Å². The van der Waals surface area contributed by atoms with Gasteiger partial charge < -0.3 is 10.5 Å². The van der Waals surface area contributed by atoms with Crippen LogP contribution in [0.3, 0.4) is 0 Å². The highest BCUT2D eigenvalue weighted by Crippen LogP contribution is 2.32. The number of benzene rings is 1. The molecule has 0 aliphatic carbocycles. The molecule has 90 valence electrons. The molecule has 2 nitrogen and oxygen atoms in total. The van der Waals surface area contributed by atoms with Crippen LogP contribution in [0.5, 0.6) is 5.75 Å². The molecule has 0 saturated carbocycles. The van der Waals surface area contributed by atoms with Crippen LogP contribution < -0.4 is 10.5 Å². The average molecular weight is 260 g/mol. The first-order chi connectivity index (χ1) is 7.48. The van der Waals surface area contributed by atoms with Crippen LogP contribution in [0.2, 0.25) is 5.02 Å². The summed E-state index contributed by atoms with van der Waals surface area (Å²) >= 11 is 7.82. The van der Waals surface area contributed by atoms with Crippen molar-refractivity contribution in [1.29, 1.82) is 0 Å². The zero-order valence-electron chi connectivity index (χ0n) is 9.92. The number of methoxy groups -OCH3 is 1. The van der Waals surface area contributed by atoms with Crippen LogP contribution in [0.25, 0.3) is 0 Å². The lowest BCUT2D eigenvalue weighted by Gasteiger charge is -2.21. The maximum atomic E-state index is 6.05. The summed E-state index contributed by atoms with van der Waals surface area (Å²) in [6.45, 7) is 5.00. The average Bonchev–Trinajstić information content (AvgIpc) is 2.27. The third kappa shape index (κ3) is 3.89. The number of ether oxygens (including phenoxy) is 1. The van der Waals surface area contributed by atoms with Gasteiger partial charge in [0.05, 0.1) is 12.1 Å². The fourth-order valence-corrected chi connectivity index (χ4v) is 2.44. The monoisotopic (exact) mass is 259 g/mol. The van der Waals surface area contributed by atoms with Gasteiger partial charge in [-0.2, -0.15) is 0 Å². The molecule has 0 unspecified atom stereocenters. The Labute approximate surface area is 107 Å². The highest BCUT2D eigenvalue weighted by Gasteiger charge is 2.16. The molecule has 0 aliphatic rings. The van der Waals surface area contributed by atoms with Gasteiger partial charge in [-0.1, -0.05) is 25.4 Å². The topological polar surface area (TPSA) is 35.2 Å². The van der Waals surface area contributed by atoms with E-state index in [9.17, 15) is 0 Å². The Hall–Kier alpha value is -0.380. The molecule has 0 fully saturated rings. The molecular weight excluding hydrogens is 242 g/mol. The largest absolute Gasteiger partial charge is 0.495 e. The number of hydrogen-bond donors (Lipinski definition) is 1. The molecular formula is C12H18ClNOS. The number of thioether (sulfide) groups is 1. The Bertz CT molecular complexity index is 355. The zero-order chi connectivity index (χ0) is 12.2. The van der Waals surface area contributed by atoms with Gasteiger partial charge in [-0.25, -0.2) is 0 Å². The molecule has 16 heavy (non-hydrogen) atoms. The van der Waals surface area contributed by atoms with Crippen molar-refractivity contribution in [2.75, 3.05) is 19.4 Å². The van der Waals surface area contributed by atoms with E-state index < -0.39 is 0 Å². The van der Waals surface area contributed by atoms with Crippen LogP contribution in [-0.4, -0.2) is 19.4 Å². The van der Waals surface area contributed by atoms with E-state index in [1.807, 2.05) is 18.2 Å². The first-order valence-corrected chi connectivity index (χ1v) is 6.51. The van der Waals surface area contributed by atoms with E-state index in [2.05, 4.69) is 13.8 Å². The first kappa shape index (κ1) is 13.7. The fraction of sp³-hybridized carbons (Fsp3) is 0.500. The van der Waals surface area contributed by atoms with Crippen molar-refractivity contribution in [3.8, 4) is 5.75 Å². The van der Waals surface area contributed by atoms with Gasteiger partial charge in [0, 0.05) is 10.6 Å². The van der Waals surface area contributed by atoms with Crippen molar-refractivity contribution in [3.63, 3.8) is 0 Å². The van der Waals surface area contributed by atoms with Crippen molar-refractivity contribution in [2.45, 2.75) is 18.7 Å². The Morgan fingerprint density at radius 3 is 2.62 bits per heavy atom. The molecule has 0 radical (unpaired) electrons. The summed E-state index contributed by atoms with van der Waals surface area (Å²) < 4.78 is 5.11. The Morgan fingerprint density at radius 1 is 1.44 bits per heavy atom. The lowest BCUT2D eigenvalue weighted by molar-refractivity contribution is 0.414. The quantitative estimate of drug-likeness (QED) is 0.823. The minimum absolute atomic E-state index is 0.150. The lowest BCUT2D eigenvalue weighted by Crippen LogP contribution is -2.25. The van der Waals surface area contributed by atoms with Gasteiger partial charge >= 0.3 is 0 Å². The van der Waals surface area contributed by atoms with Crippen LogP contribution in [0.15, 0.2) is 23.1 Å². The summed E-state index contributed by atoms with van der Waals surface area (Å²) in [6, 6.07) is 5.83. The van der Waals surface area contributed by atoms with E-state index in [0.29, 0.717) is 17.3 Å². The van der Waals surface area contributed by atoms with E-state index in [-0.39, 0.29) is 5.41 Å². The zero-order valence-corrected chi connectivity index (χ0v) is 11.5. The molecule has 0 saturated heterocycles. The molecule has 0 bridgehead atoms. The maximum Gasteiger partial charge on any atom is 0.137 e. The molecule has 0 atom stereocenters. The van der Waals surface area contributed by atoms with Crippen molar-refractivity contribution < 1.29 is 4.74 Å². The molecule has 0 heterocycles. The SMILES string of the molecule is COc1ccc(SCC(C)(C)CN)cc1Cl. The minimum Gasteiger partial charge on any atom is -0.495 e. The molecule has 1 aromatic carbocycles. The molecule has 0 aliphatic heterocycles. The van der Waals surface area contributed by atoms with Gasteiger partial charge in [-0.15, -0.1) is 11.8 Å². The van der Waals surface area contributed by atoms with Crippen LogP contribution in [0.4, 0.5) is 0 Å². The summed E-state index contributed by atoms with van der Waals surface area (Å²) in [7, 11) is 1.62. The van der Waals surface area contributed by atoms with Crippen LogP contribution >= 0.6 is 23.4 Å². The normalized spacial score (nSPS) is 11.6. The van der Waals surface area contributed by atoms with Crippen molar-refractivity contribution in [1.82, 2.24) is 0 Å². The van der Waals surface area contributed by atoms with Gasteiger partial charge in [0.25, 0.3) is 0 Å². The Kier molecular flexibility index (Phi) is 4.96. The van der Waals surface area contributed by atoms with Gasteiger partial charge in [-0.05, 0) is 30.2 Å². The molecule has 0 aromatic heterocycles. The number of nitrogens with two attached hydrogens (primary N) is 1. The fourth-order valence-electron chi connectivity index (χ4n) is 1.07. The van der Waals surface area contributed by atoms with Gasteiger partial charge in [0.1, 0.15) is 5.75 Å². The number of hydrogen-bond acceptors (Lipinski definition) is 3. The second-order valence-electron chi connectivity index (χ2n) is 4.45. The van der Waals surface area contributed by atoms with Crippen LogP contribution in [0.1, 0.15) is 13.8 Å². The maximum absolute atomic E-state index is 6.05. The van der Waals surface area contributed by atoms with Crippen molar-refractivity contribution >= 4 is 23.4 Å². The van der Waals surface area contributed by atoms with E-state index in [1.54, 1.807) is 18.9 Å². The first-order valence-electron chi connectivity index (χ1n) is 5.15. The highest BCUT2D eigenvalue weighted by molar-refractivity contribution is 7.99. The summed E-state index contributed by atoms with van der Waals surface area (Å²) in [4.78, 5) is 1.15. The molecule has 1 rings (SSSR count). The smallest absolute Gasteiger partial charge is 0.137 e. The Balaban J connectivity index is 2.65. The molecule has 1 aromatic rings. The predicted molar refractivity (Wildman–Crippen MR) is 71.6 cm³/mol. The lowest BCUT2D eigenvalue weighted by atomic mass is 9.97. The molecule has 4 heteroatoms. The second-order valence-corrected chi connectivity index (χ2v) is 5.91. The minimum atomic E-state index is 0.150. The summed E-state index contributed by atoms with van der Waals surface area (Å²) in [5, 5.41) is 0.651.